The van der Waals surface area contributed by atoms with Crippen molar-refractivity contribution in [2.75, 3.05) is 5.73 Å². The van der Waals surface area contributed by atoms with E-state index in [1.54, 1.807) is 25.6 Å². The summed E-state index contributed by atoms with van der Waals surface area (Å²) in [6, 6.07) is 1.90. The number of carbonyl (C=O) groups is 1. The van der Waals surface area contributed by atoms with Crippen LogP contribution in [0.15, 0.2) is 24.7 Å². The van der Waals surface area contributed by atoms with E-state index in [1.807, 2.05) is 13.0 Å². The van der Waals surface area contributed by atoms with Crippen LogP contribution in [0.2, 0.25) is 0 Å². The Hall–Kier alpha value is -2.37. The Labute approximate surface area is 105 Å². The van der Waals surface area contributed by atoms with Gasteiger partial charge in [0.25, 0.3) is 5.91 Å². The number of carbonyl (C=O) groups excluding carboxylic acids is 1. The first-order valence-electron chi connectivity index (χ1n) is 5.54. The van der Waals surface area contributed by atoms with Gasteiger partial charge in [0.15, 0.2) is 5.69 Å². The molecule has 0 radical (unpaired) electrons. The van der Waals surface area contributed by atoms with E-state index in [0.29, 0.717) is 12.2 Å². The summed E-state index contributed by atoms with van der Waals surface area (Å²) in [5.41, 5.74) is 8.36. The maximum Gasteiger partial charge on any atom is 0.274 e. The molecule has 0 bridgehead atoms. The van der Waals surface area contributed by atoms with Gasteiger partial charge in [-0.15, -0.1) is 0 Å². The Kier molecular flexibility index (Phi) is 3.27. The molecule has 1 amide bonds. The molecule has 2 rings (SSSR count). The van der Waals surface area contributed by atoms with Gasteiger partial charge in [-0.1, -0.05) is 0 Å². The van der Waals surface area contributed by atoms with E-state index in [9.17, 15) is 4.79 Å². The Morgan fingerprint density at radius 2 is 2.33 bits per heavy atom. The number of nitrogen functional groups attached to an aromatic ring is 1. The summed E-state index contributed by atoms with van der Waals surface area (Å²) in [6.07, 6.45) is 5.05. The summed E-state index contributed by atoms with van der Waals surface area (Å²) in [5.74, 6) is -0.281. The molecule has 6 heteroatoms. The molecule has 0 saturated heterocycles. The van der Waals surface area contributed by atoms with E-state index in [2.05, 4.69) is 15.4 Å². The molecule has 6 nitrogen and oxygen atoms in total. The Morgan fingerprint density at radius 3 is 2.94 bits per heavy atom. The lowest BCUT2D eigenvalue weighted by Crippen LogP contribution is -2.24. The Bertz CT molecular complexity index is 576. The van der Waals surface area contributed by atoms with Crippen molar-refractivity contribution in [2.45, 2.75) is 13.5 Å². The second-order valence-corrected chi connectivity index (χ2v) is 4.09. The fourth-order valence-corrected chi connectivity index (χ4v) is 1.62. The number of aromatic nitrogens is 3. The first-order chi connectivity index (χ1) is 8.58. The van der Waals surface area contributed by atoms with Crippen LogP contribution in [0.1, 0.15) is 21.6 Å². The highest BCUT2D eigenvalue weighted by Crippen LogP contribution is 2.09. The number of rotatable bonds is 3. The molecule has 94 valence electrons. The number of nitrogens with one attached hydrogen (secondary N) is 1. The van der Waals surface area contributed by atoms with Gasteiger partial charge >= 0.3 is 0 Å². The van der Waals surface area contributed by atoms with Gasteiger partial charge < -0.3 is 11.1 Å². The fraction of sp³-hybridized carbons (Fsp3) is 0.250. The minimum absolute atomic E-state index is 0.249. The van der Waals surface area contributed by atoms with Crippen LogP contribution in [0.3, 0.4) is 0 Å². The molecule has 0 aliphatic heterocycles. The highest BCUT2D eigenvalue weighted by Gasteiger charge is 2.13. The first-order valence-corrected chi connectivity index (χ1v) is 5.54. The fourth-order valence-electron chi connectivity index (χ4n) is 1.62. The largest absolute Gasteiger partial charge is 0.396 e. The van der Waals surface area contributed by atoms with Crippen LogP contribution >= 0.6 is 0 Å². The van der Waals surface area contributed by atoms with Crippen molar-refractivity contribution in [3.63, 3.8) is 0 Å². The molecular formula is C12H15N5O. The third-order valence-electron chi connectivity index (χ3n) is 2.66. The van der Waals surface area contributed by atoms with E-state index in [4.69, 9.17) is 5.73 Å². The van der Waals surface area contributed by atoms with Gasteiger partial charge in [0, 0.05) is 32.2 Å². The number of amides is 1. The minimum atomic E-state index is -0.281. The van der Waals surface area contributed by atoms with Gasteiger partial charge in [-0.25, -0.2) is 0 Å². The molecule has 0 saturated carbocycles. The standard InChI is InChI=1S/C12H15N5O/c1-8-3-4-14-5-9(8)6-15-12(18)11-10(13)7-17(2)16-11/h3-5,7H,6,13H2,1-2H3,(H,15,18). The van der Waals surface area contributed by atoms with E-state index >= 15 is 0 Å². The molecule has 0 spiro atoms. The second kappa shape index (κ2) is 4.87. The number of aryl methyl sites for hydroxylation is 2. The molecule has 0 aliphatic rings. The van der Waals surface area contributed by atoms with Gasteiger partial charge in [-0.05, 0) is 24.1 Å². The maximum absolute atomic E-state index is 11.9. The molecule has 0 aliphatic carbocycles. The van der Waals surface area contributed by atoms with E-state index in [1.165, 1.54) is 4.68 Å². The van der Waals surface area contributed by atoms with Crippen molar-refractivity contribution in [1.29, 1.82) is 0 Å². The highest BCUT2D eigenvalue weighted by molar-refractivity contribution is 5.96. The molecule has 0 aromatic carbocycles. The number of anilines is 1. The lowest BCUT2D eigenvalue weighted by Gasteiger charge is -2.06. The molecule has 18 heavy (non-hydrogen) atoms. The SMILES string of the molecule is Cc1ccncc1CNC(=O)c1nn(C)cc1N. The molecule has 2 aromatic rings. The predicted octanol–water partition coefficient (Wildman–Crippen LogP) is 0.636. The Morgan fingerprint density at radius 1 is 1.56 bits per heavy atom. The molecular weight excluding hydrogens is 230 g/mol. The number of nitrogens with zero attached hydrogens (tertiary/aromatic N) is 3. The summed E-state index contributed by atoms with van der Waals surface area (Å²) in [6.45, 7) is 2.38. The van der Waals surface area contributed by atoms with Gasteiger partial charge in [-0.2, -0.15) is 5.10 Å². The quantitative estimate of drug-likeness (QED) is 0.830. The molecule has 2 aromatic heterocycles. The third kappa shape index (κ3) is 2.48. The first kappa shape index (κ1) is 12.1. The summed E-state index contributed by atoms with van der Waals surface area (Å²) < 4.78 is 1.51. The van der Waals surface area contributed by atoms with Crippen LogP contribution in [0.4, 0.5) is 5.69 Å². The normalized spacial score (nSPS) is 10.3. The van der Waals surface area contributed by atoms with Crippen molar-refractivity contribution in [2.24, 2.45) is 7.05 Å². The van der Waals surface area contributed by atoms with E-state index in [-0.39, 0.29) is 11.6 Å². The number of hydrogen-bond donors (Lipinski definition) is 2. The summed E-state index contributed by atoms with van der Waals surface area (Å²) in [4.78, 5) is 15.9. The summed E-state index contributed by atoms with van der Waals surface area (Å²) in [7, 11) is 1.72. The minimum Gasteiger partial charge on any atom is -0.396 e. The predicted molar refractivity (Wildman–Crippen MR) is 67.8 cm³/mol. The lowest BCUT2D eigenvalue weighted by molar-refractivity contribution is 0.0946. The van der Waals surface area contributed by atoms with Crippen LogP contribution < -0.4 is 11.1 Å². The molecule has 3 N–H and O–H groups in total. The number of pyridine rings is 1. The van der Waals surface area contributed by atoms with Crippen LogP contribution in [0, 0.1) is 6.92 Å². The van der Waals surface area contributed by atoms with E-state index < -0.39 is 0 Å². The van der Waals surface area contributed by atoms with E-state index in [0.717, 1.165) is 11.1 Å². The van der Waals surface area contributed by atoms with Crippen LogP contribution in [0.5, 0.6) is 0 Å². The van der Waals surface area contributed by atoms with Crippen molar-refractivity contribution in [3.05, 3.63) is 41.5 Å². The van der Waals surface area contributed by atoms with Gasteiger partial charge in [0.2, 0.25) is 0 Å². The zero-order valence-corrected chi connectivity index (χ0v) is 10.3. The second-order valence-electron chi connectivity index (χ2n) is 4.09. The molecule has 2 heterocycles. The van der Waals surface area contributed by atoms with Crippen molar-refractivity contribution in [1.82, 2.24) is 20.1 Å². The van der Waals surface area contributed by atoms with Crippen molar-refractivity contribution < 1.29 is 4.79 Å². The number of nitrogens with two attached hydrogens (primary N) is 1. The smallest absolute Gasteiger partial charge is 0.274 e. The van der Waals surface area contributed by atoms with Crippen LogP contribution in [0.25, 0.3) is 0 Å². The summed E-state index contributed by atoms with van der Waals surface area (Å²) in [5, 5.41) is 6.78. The van der Waals surface area contributed by atoms with Gasteiger partial charge in [0.05, 0.1) is 5.69 Å². The zero-order chi connectivity index (χ0) is 13.1. The maximum atomic E-state index is 11.9. The molecule has 0 unspecified atom stereocenters. The van der Waals surface area contributed by atoms with Crippen molar-refractivity contribution in [3.8, 4) is 0 Å². The molecule has 0 fully saturated rings. The highest BCUT2D eigenvalue weighted by atomic mass is 16.1. The van der Waals surface area contributed by atoms with Gasteiger partial charge in [-0.3, -0.25) is 14.5 Å². The van der Waals surface area contributed by atoms with Crippen LogP contribution in [-0.2, 0) is 13.6 Å². The Balaban J connectivity index is 2.05. The average molecular weight is 245 g/mol. The lowest BCUT2D eigenvalue weighted by atomic mass is 10.1. The van der Waals surface area contributed by atoms with Crippen molar-refractivity contribution >= 4 is 11.6 Å². The van der Waals surface area contributed by atoms with Gasteiger partial charge in [0.1, 0.15) is 0 Å². The molecule has 0 atom stereocenters. The van der Waals surface area contributed by atoms with Crippen LogP contribution in [-0.4, -0.2) is 20.7 Å². The topological polar surface area (TPSA) is 85.8 Å². The zero-order valence-electron chi connectivity index (χ0n) is 10.3. The third-order valence-corrected chi connectivity index (χ3v) is 2.66. The monoisotopic (exact) mass is 245 g/mol. The number of hydrogen-bond acceptors (Lipinski definition) is 4. The average Bonchev–Trinajstić information content (AvgIpc) is 2.67. The summed E-state index contributed by atoms with van der Waals surface area (Å²) >= 11 is 0.